The zero-order valence-corrected chi connectivity index (χ0v) is 11.3. The van der Waals surface area contributed by atoms with Crippen molar-refractivity contribution in [3.05, 3.63) is 64.4 Å². The fourth-order valence-electron chi connectivity index (χ4n) is 2.00. The predicted molar refractivity (Wildman–Crippen MR) is 75.0 cm³/mol. The maximum Gasteiger partial charge on any atom is 0.126 e. The largest absolute Gasteiger partial charge is 0.496 e. The van der Waals surface area contributed by atoms with Crippen LogP contribution >= 0.6 is 11.6 Å². The first kappa shape index (κ1) is 13.8. The quantitative estimate of drug-likeness (QED) is 0.925. The highest BCUT2D eigenvalue weighted by Crippen LogP contribution is 2.29. The summed E-state index contributed by atoms with van der Waals surface area (Å²) in [6.45, 7) is 0. The van der Waals surface area contributed by atoms with E-state index in [4.69, 9.17) is 22.1 Å². The van der Waals surface area contributed by atoms with Crippen molar-refractivity contribution in [3.8, 4) is 5.75 Å². The number of hydrogen-bond acceptors (Lipinski definition) is 2. The number of methoxy groups -OCH3 is 1. The van der Waals surface area contributed by atoms with E-state index in [1.54, 1.807) is 37.4 Å². The summed E-state index contributed by atoms with van der Waals surface area (Å²) in [5, 5.41) is 0.582. The second-order valence-corrected chi connectivity index (χ2v) is 4.72. The summed E-state index contributed by atoms with van der Waals surface area (Å²) in [5.41, 5.74) is 7.54. The molecule has 19 heavy (non-hydrogen) atoms. The lowest BCUT2D eigenvalue weighted by molar-refractivity contribution is 0.405. The summed E-state index contributed by atoms with van der Waals surface area (Å²) in [5.74, 6) is 0.377. The van der Waals surface area contributed by atoms with Gasteiger partial charge >= 0.3 is 0 Å². The van der Waals surface area contributed by atoms with E-state index >= 15 is 0 Å². The fourth-order valence-corrected chi connectivity index (χ4v) is 2.16. The second-order valence-electron chi connectivity index (χ2n) is 4.29. The van der Waals surface area contributed by atoms with E-state index in [-0.39, 0.29) is 11.9 Å². The summed E-state index contributed by atoms with van der Waals surface area (Å²) in [6, 6.07) is 11.5. The SMILES string of the molecule is COc1cc(Cl)ccc1C(N)Cc1ccccc1F. The minimum Gasteiger partial charge on any atom is -0.496 e. The molecule has 0 fully saturated rings. The van der Waals surface area contributed by atoms with Gasteiger partial charge in [0, 0.05) is 16.6 Å². The van der Waals surface area contributed by atoms with Gasteiger partial charge in [0.2, 0.25) is 0 Å². The number of benzene rings is 2. The predicted octanol–water partition coefficient (Wildman–Crippen LogP) is 3.73. The van der Waals surface area contributed by atoms with Crippen molar-refractivity contribution in [1.82, 2.24) is 0 Å². The van der Waals surface area contributed by atoms with Gasteiger partial charge in [-0.2, -0.15) is 0 Å². The van der Waals surface area contributed by atoms with Gasteiger partial charge in [-0.05, 0) is 30.2 Å². The molecule has 0 aliphatic carbocycles. The highest BCUT2D eigenvalue weighted by molar-refractivity contribution is 6.30. The van der Waals surface area contributed by atoms with Crippen LogP contribution in [-0.2, 0) is 6.42 Å². The Kier molecular flexibility index (Phi) is 4.40. The average Bonchev–Trinajstić information content (AvgIpc) is 2.41. The van der Waals surface area contributed by atoms with Crippen molar-refractivity contribution in [2.75, 3.05) is 7.11 Å². The molecule has 0 saturated carbocycles. The van der Waals surface area contributed by atoms with Gasteiger partial charge in [-0.3, -0.25) is 0 Å². The molecule has 0 bridgehead atoms. The molecule has 2 aromatic rings. The molecule has 2 aromatic carbocycles. The van der Waals surface area contributed by atoms with Crippen molar-refractivity contribution in [2.45, 2.75) is 12.5 Å². The standard InChI is InChI=1S/C15H15ClFNO/c1-19-15-9-11(16)6-7-12(15)14(18)8-10-4-2-3-5-13(10)17/h2-7,9,14H,8,18H2,1H3. The maximum atomic E-state index is 13.6. The van der Waals surface area contributed by atoms with Crippen LogP contribution < -0.4 is 10.5 Å². The molecule has 0 radical (unpaired) electrons. The molecular weight excluding hydrogens is 265 g/mol. The van der Waals surface area contributed by atoms with Gasteiger partial charge in [0.15, 0.2) is 0 Å². The Balaban J connectivity index is 2.25. The lowest BCUT2D eigenvalue weighted by atomic mass is 9.98. The fraction of sp³-hybridized carbons (Fsp3) is 0.200. The highest BCUT2D eigenvalue weighted by atomic mass is 35.5. The Bertz CT molecular complexity index is 574. The highest BCUT2D eigenvalue weighted by Gasteiger charge is 2.14. The van der Waals surface area contributed by atoms with E-state index in [2.05, 4.69) is 0 Å². The van der Waals surface area contributed by atoms with E-state index in [0.29, 0.717) is 22.8 Å². The number of rotatable bonds is 4. The molecule has 0 aliphatic heterocycles. The van der Waals surface area contributed by atoms with Gasteiger partial charge < -0.3 is 10.5 Å². The molecule has 0 aliphatic rings. The van der Waals surface area contributed by atoms with Gasteiger partial charge in [0.05, 0.1) is 7.11 Å². The molecule has 0 amide bonds. The molecule has 1 unspecified atom stereocenters. The van der Waals surface area contributed by atoms with Gasteiger partial charge in [0.1, 0.15) is 11.6 Å². The maximum absolute atomic E-state index is 13.6. The smallest absolute Gasteiger partial charge is 0.126 e. The van der Waals surface area contributed by atoms with Crippen LogP contribution in [0, 0.1) is 5.82 Å². The molecular formula is C15H15ClFNO. The van der Waals surface area contributed by atoms with Crippen LogP contribution in [0.25, 0.3) is 0 Å². The van der Waals surface area contributed by atoms with E-state index in [1.165, 1.54) is 6.07 Å². The Morgan fingerprint density at radius 2 is 2.00 bits per heavy atom. The summed E-state index contributed by atoms with van der Waals surface area (Å²) in [4.78, 5) is 0. The van der Waals surface area contributed by atoms with Crippen molar-refractivity contribution in [2.24, 2.45) is 5.73 Å². The van der Waals surface area contributed by atoms with Crippen LogP contribution in [0.15, 0.2) is 42.5 Å². The number of halogens is 2. The van der Waals surface area contributed by atoms with Gasteiger partial charge in [-0.1, -0.05) is 35.9 Å². The molecule has 0 spiro atoms. The van der Waals surface area contributed by atoms with Crippen LogP contribution in [0.4, 0.5) is 4.39 Å². The van der Waals surface area contributed by atoms with E-state index < -0.39 is 0 Å². The Morgan fingerprint density at radius 3 is 2.68 bits per heavy atom. The summed E-state index contributed by atoms with van der Waals surface area (Å²) < 4.78 is 18.9. The summed E-state index contributed by atoms with van der Waals surface area (Å²) >= 11 is 5.90. The van der Waals surface area contributed by atoms with Crippen LogP contribution in [0.3, 0.4) is 0 Å². The Labute approximate surface area is 117 Å². The zero-order valence-electron chi connectivity index (χ0n) is 10.6. The molecule has 4 heteroatoms. The van der Waals surface area contributed by atoms with Crippen molar-refractivity contribution in [3.63, 3.8) is 0 Å². The first-order chi connectivity index (χ1) is 9.11. The molecule has 1 atom stereocenters. The van der Waals surface area contributed by atoms with E-state index in [9.17, 15) is 4.39 Å². The lowest BCUT2D eigenvalue weighted by Gasteiger charge is -2.16. The van der Waals surface area contributed by atoms with Gasteiger partial charge in [0.25, 0.3) is 0 Å². The van der Waals surface area contributed by atoms with Crippen LogP contribution in [-0.4, -0.2) is 7.11 Å². The minimum absolute atomic E-state index is 0.245. The monoisotopic (exact) mass is 279 g/mol. The van der Waals surface area contributed by atoms with E-state index in [1.807, 2.05) is 6.07 Å². The normalized spacial score (nSPS) is 12.2. The third-order valence-corrected chi connectivity index (χ3v) is 3.23. The van der Waals surface area contributed by atoms with Gasteiger partial charge in [-0.15, -0.1) is 0 Å². The lowest BCUT2D eigenvalue weighted by Crippen LogP contribution is -2.15. The van der Waals surface area contributed by atoms with Crippen molar-refractivity contribution >= 4 is 11.6 Å². The molecule has 2 nitrogen and oxygen atoms in total. The van der Waals surface area contributed by atoms with E-state index in [0.717, 1.165) is 5.56 Å². The third-order valence-electron chi connectivity index (χ3n) is 2.99. The number of ether oxygens (including phenoxy) is 1. The van der Waals surface area contributed by atoms with Crippen LogP contribution in [0.5, 0.6) is 5.75 Å². The zero-order chi connectivity index (χ0) is 13.8. The molecule has 0 saturated heterocycles. The average molecular weight is 280 g/mol. The van der Waals surface area contributed by atoms with Gasteiger partial charge in [-0.25, -0.2) is 4.39 Å². The Hall–Kier alpha value is -1.58. The van der Waals surface area contributed by atoms with Crippen molar-refractivity contribution in [1.29, 1.82) is 0 Å². The molecule has 0 heterocycles. The molecule has 0 aromatic heterocycles. The molecule has 100 valence electrons. The first-order valence-electron chi connectivity index (χ1n) is 5.94. The molecule has 2 N–H and O–H groups in total. The molecule has 2 rings (SSSR count). The third kappa shape index (κ3) is 3.25. The van der Waals surface area contributed by atoms with Crippen molar-refractivity contribution < 1.29 is 9.13 Å². The number of nitrogens with two attached hydrogens (primary N) is 1. The first-order valence-corrected chi connectivity index (χ1v) is 6.32. The number of hydrogen-bond donors (Lipinski definition) is 1. The topological polar surface area (TPSA) is 35.2 Å². The van der Waals surface area contributed by atoms with Crippen LogP contribution in [0.2, 0.25) is 5.02 Å². The second kappa shape index (κ2) is 6.04. The van der Waals surface area contributed by atoms with Crippen LogP contribution in [0.1, 0.15) is 17.2 Å². The summed E-state index contributed by atoms with van der Waals surface area (Å²) in [7, 11) is 1.56. The minimum atomic E-state index is -0.343. The Morgan fingerprint density at radius 1 is 1.26 bits per heavy atom. The summed E-state index contributed by atoms with van der Waals surface area (Å²) in [6.07, 6.45) is 0.407.